The van der Waals surface area contributed by atoms with Gasteiger partial charge in [0.1, 0.15) is 0 Å². The summed E-state index contributed by atoms with van der Waals surface area (Å²) in [5.41, 5.74) is 3.75. The summed E-state index contributed by atoms with van der Waals surface area (Å²) in [5.74, 6) is 0.219. The molecule has 144 valence electrons. The lowest BCUT2D eigenvalue weighted by molar-refractivity contribution is -0.114. The van der Waals surface area contributed by atoms with Crippen molar-refractivity contribution in [1.82, 2.24) is 0 Å². The molecular formula is C24H20N2O3. The number of hydrogen-bond donors (Lipinski definition) is 1. The largest absolute Gasteiger partial charge is 0.504 e. The number of hydrazone groups is 1. The van der Waals surface area contributed by atoms with Crippen LogP contribution < -0.4 is 9.75 Å². The Labute approximate surface area is 169 Å². The van der Waals surface area contributed by atoms with Gasteiger partial charge in [-0.1, -0.05) is 54.6 Å². The average Bonchev–Trinajstić information content (AvgIpc) is 3.06. The van der Waals surface area contributed by atoms with Crippen molar-refractivity contribution in [3.05, 3.63) is 95.6 Å². The van der Waals surface area contributed by atoms with Crippen LogP contribution in [-0.4, -0.2) is 23.8 Å². The lowest BCUT2D eigenvalue weighted by Gasteiger charge is -2.11. The number of nitrogens with zero attached hydrogens (tertiary/aromatic N) is 2. The summed E-state index contributed by atoms with van der Waals surface area (Å²) in [5, 5.41) is 15.9. The maximum atomic E-state index is 13.2. The van der Waals surface area contributed by atoms with Crippen molar-refractivity contribution in [3.8, 4) is 11.5 Å². The lowest BCUT2D eigenvalue weighted by atomic mass is 10.00. The third-order valence-electron chi connectivity index (χ3n) is 4.68. The van der Waals surface area contributed by atoms with E-state index in [9.17, 15) is 9.90 Å². The molecule has 0 atom stereocenters. The molecule has 0 saturated carbocycles. The first-order valence-electron chi connectivity index (χ1n) is 9.25. The fourth-order valence-electron chi connectivity index (χ4n) is 3.22. The first-order chi connectivity index (χ1) is 14.2. The fraction of sp³-hybridized carbons (Fsp3) is 0.0833. The molecule has 0 bridgehead atoms. The zero-order chi connectivity index (χ0) is 20.2. The number of hydrogen-bond acceptors (Lipinski definition) is 4. The Balaban J connectivity index is 1.75. The molecule has 4 rings (SSSR count). The number of carbonyl (C=O) groups excluding carboxylic acids is 1. The Kier molecular flexibility index (Phi) is 5.12. The number of anilines is 1. The molecule has 0 aromatic heterocycles. The molecule has 5 nitrogen and oxygen atoms in total. The summed E-state index contributed by atoms with van der Waals surface area (Å²) in [6, 6.07) is 24.3. The van der Waals surface area contributed by atoms with Gasteiger partial charge < -0.3 is 9.84 Å². The summed E-state index contributed by atoms with van der Waals surface area (Å²) < 4.78 is 5.19. The Morgan fingerprint density at radius 2 is 1.69 bits per heavy atom. The van der Waals surface area contributed by atoms with Gasteiger partial charge in [-0.2, -0.15) is 10.1 Å². The van der Waals surface area contributed by atoms with Gasteiger partial charge >= 0.3 is 0 Å². The van der Waals surface area contributed by atoms with Gasteiger partial charge in [0.2, 0.25) is 0 Å². The van der Waals surface area contributed by atoms with Crippen molar-refractivity contribution in [3.63, 3.8) is 0 Å². The molecule has 0 radical (unpaired) electrons. The summed E-state index contributed by atoms with van der Waals surface area (Å²) in [6.07, 6.45) is 2.33. The minimum Gasteiger partial charge on any atom is -0.504 e. The predicted molar refractivity (Wildman–Crippen MR) is 114 cm³/mol. The number of carbonyl (C=O) groups is 1. The average molecular weight is 384 g/mol. The first kappa shape index (κ1) is 18.5. The van der Waals surface area contributed by atoms with Gasteiger partial charge in [0, 0.05) is 6.42 Å². The molecule has 0 unspecified atom stereocenters. The Morgan fingerprint density at radius 1 is 1.00 bits per heavy atom. The smallest absolute Gasteiger partial charge is 0.280 e. The molecule has 3 aromatic rings. The van der Waals surface area contributed by atoms with Crippen LogP contribution in [0, 0.1) is 0 Å². The fourth-order valence-corrected chi connectivity index (χ4v) is 3.22. The van der Waals surface area contributed by atoms with E-state index in [2.05, 4.69) is 5.10 Å². The van der Waals surface area contributed by atoms with E-state index in [0.29, 0.717) is 23.5 Å². The van der Waals surface area contributed by atoms with Crippen molar-refractivity contribution >= 4 is 23.4 Å². The standard InChI is InChI=1S/C24H20N2O3/c1-29-23-16-18(12-13-22(23)27)14-20-21(15-17-8-4-2-5-9-17)25-26(24(20)28)19-10-6-3-7-11-19/h2-14,16,27H,15H2,1H3/b20-14+. The molecule has 3 aromatic carbocycles. The molecule has 1 amide bonds. The molecule has 1 aliphatic rings. The van der Waals surface area contributed by atoms with Crippen LogP contribution >= 0.6 is 0 Å². The SMILES string of the molecule is COc1cc(/C=C2/C(=O)N(c3ccccc3)N=C2Cc2ccccc2)ccc1O. The molecule has 1 heterocycles. The van der Waals surface area contributed by atoms with Gasteiger partial charge in [-0.25, -0.2) is 0 Å². The van der Waals surface area contributed by atoms with E-state index >= 15 is 0 Å². The monoisotopic (exact) mass is 384 g/mol. The van der Waals surface area contributed by atoms with Gasteiger partial charge in [-0.15, -0.1) is 0 Å². The van der Waals surface area contributed by atoms with E-state index in [-0.39, 0.29) is 11.7 Å². The number of rotatable bonds is 5. The lowest BCUT2D eigenvalue weighted by Crippen LogP contribution is -2.21. The molecule has 0 fully saturated rings. The van der Waals surface area contributed by atoms with E-state index in [4.69, 9.17) is 4.74 Å². The Morgan fingerprint density at radius 3 is 2.38 bits per heavy atom. The van der Waals surface area contributed by atoms with E-state index < -0.39 is 0 Å². The first-order valence-corrected chi connectivity index (χ1v) is 9.25. The molecule has 0 aliphatic carbocycles. The van der Waals surface area contributed by atoms with Crippen LogP contribution in [0.2, 0.25) is 0 Å². The Hall–Kier alpha value is -3.86. The van der Waals surface area contributed by atoms with Crippen LogP contribution in [-0.2, 0) is 11.2 Å². The van der Waals surface area contributed by atoms with E-state index in [1.807, 2.05) is 60.7 Å². The normalized spacial score (nSPS) is 14.9. The highest BCUT2D eigenvalue weighted by Crippen LogP contribution is 2.30. The highest BCUT2D eigenvalue weighted by Gasteiger charge is 2.31. The van der Waals surface area contributed by atoms with E-state index in [1.54, 1.807) is 24.3 Å². The quantitative estimate of drug-likeness (QED) is 0.662. The van der Waals surface area contributed by atoms with Crippen molar-refractivity contribution in [2.45, 2.75) is 6.42 Å². The number of aromatic hydroxyl groups is 1. The van der Waals surface area contributed by atoms with Crippen LogP contribution in [0.4, 0.5) is 5.69 Å². The van der Waals surface area contributed by atoms with E-state index in [0.717, 1.165) is 16.8 Å². The summed E-state index contributed by atoms with van der Waals surface area (Å²) in [7, 11) is 1.49. The molecular weight excluding hydrogens is 364 g/mol. The van der Waals surface area contributed by atoms with Crippen LogP contribution in [0.3, 0.4) is 0 Å². The molecule has 0 saturated heterocycles. The zero-order valence-electron chi connectivity index (χ0n) is 15.9. The number of para-hydroxylation sites is 1. The van der Waals surface area contributed by atoms with Crippen LogP contribution in [0.5, 0.6) is 11.5 Å². The maximum absolute atomic E-state index is 13.2. The second-order valence-electron chi connectivity index (χ2n) is 6.65. The third-order valence-corrected chi connectivity index (χ3v) is 4.68. The van der Waals surface area contributed by atoms with Gasteiger partial charge in [-0.3, -0.25) is 4.79 Å². The van der Waals surface area contributed by atoms with Crippen molar-refractivity contribution in [2.24, 2.45) is 5.10 Å². The highest BCUT2D eigenvalue weighted by atomic mass is 16.5. The minimum atomic E-state index is -0.186. The summed E-state index contributed by atoms with van der Waals surface area (Å²) >= 11 is 0. The second kappa shape index (κ2) is 8.02. The summed E-state index contributed by atoms with van der Waals surface area (Å²) in [6.45, 7) is 0. The zero-order valence-corrected chi connectivity index (χ0v) is 15.9. The van der Waals surface area contributed by atoms with Crippen LogP contribution in [0.1, 0.15) is 11.1 Å². The number of ether oxygens (including phenoxy) is 1. The summed E-state index contributed by atoms with van der Waals surface area (Å²) in [4.78, 5) is 13.2. The predicted octanol–water partition coefficient (Wildman–Crippen LogP) is 4.43. The van der Waals surface area contributed by atoms with Gasteiger partial charge in [0.15, 0.2) is 11.5 Å². The topological polar surface area (TPSA) is 62.1 Å². The van der Waals surface area contributed by atoms with Crippen molar-refractivity contribution in [1.29, 1.82) is 0 Å². The van der Waals surface area contributed by atoms with E-state index in [1.165, 1.54) is 12.1 Å². The van der Waals surface area contributed by atoms with Gasteiger partial charge in [0.25, 0.3) is 5.91 Å². The minimum absolute atomic E-state index is 0.0523. The maximum Gasteiger partial charge on any atom is 0.280 e. The molecule has 0 spiro atoms. The van der Waals surface area contributed by atoms with Crippen LogP contribution in [0.25, 0.3) is 6.08 Å². The second-order valence-corrected chi connectivity index (χ2v) is 6.65. The van der Waals surface area contributed by atoms with Crippen LogP contribution in [0.15, 0.2) is 89.5 Å². The number of methoxy groups -OCH3 is 1. The number of benzene rings is 3. The van der Waals surface area contributed by atoms with Gasteiger partial charge in [-0.05, 0) is 41.5 Å². The Bertz CT molecular complexity index is 1090. The van der Waals surface area contributed by atoms with Gasteiger partial charge in [0.05, 0.1) is 24.1 Å². The molecule has 1 aliphatic heterocycles. The van der Waals surface area contributed by atoms with Crippen molar-refractivity contribution < 1.29 is 14.6 Å². The molecule has 5 heteroatoms. The number of amides is 1. The molecule has 1 N–H and O–H groups in total. The highest BCUT2D eigenvalue weighted by molar-refractivity contribution is 6.33. The molecule has 29 heavy (non-hydrogen) atoms. The van der Waals surface area contributed by atoms with Crippen molar-refractivity contribution in [2.75, 3.05) is 12.1 Å². The third kappa shape index (κ3) is 3.89. The number of phenols is 1. The number of phenolic OH excluding ortho intramolecular Hbond substituents is 1.